The lowest BCUT2D eigenvalue weighted by Gasteiger charge is -2.28. The summed E-state index contributed by atoms with van der Waals surface area (Å²) in [6, 6.07) is 4.58. The second-order valence-electron chi connectivity index (χ2n) is 4.12. The number of hydrogen-bond acceptors (Lipinski definition) is 3. The third-order valence-electron chi connectivity index (χ3n) is 2.05. The Bertz CT molecular complexity index is 496. The van der Waals surface area contributed by atoms with Crippen LogP contribution < -0.4 is 5.73 Å². The van der Waals surface area contributed by atoms with Gasteiger partial charge in [0.05, 0.1) is 6.42 Å². The summed E-state index contributed by atoms with van der Waals surface area (Å²) in [6.07, 6.45) is 2.55. The van der Waals surface area contributed by atoms with Gasteiger partial charge in [0.2, 0.25) is 0 Å². The molecule has 0 atom stereocenters. The first kappa shape index (κ1) is 13.0. The Balaban J connectivity index is 3.42. The molecule has 0 unspecified atom stereocenters. The zero-order chi connectivity index (χ0) is 12.6. The molecule has 0 aliphatic heterocycles. The van der Waals surface area contributed by atoms with Crippen LogP contribution in [0.15, 0.2) is 23.1 Å². The van der Waals surface area contributed by atoms with Crippen LogP contribution in [0.3, 0.4) is 0 Å². The number of anilines is 1. The first-order chi connectivity index (χ1) is 7.06. The van der Waals surface area contributed by atoms with Crippen molar-refractivity contribution in [3.8, 4) is 0 Å². The number of carboxylic acid groups (broad SMARTS) is 1. The van der Waals surface area contributed by atoms with Crippen molar-refractivity contribution in [2.75, 3.05) is 18.2 Å². The number of nitrogen functional groups attached to an aromatic ring is 1. The van der Waals surface area contributed by atoms with Crippen molar-refractivity contribution in [2.45, 2.75) is 11.3 Å². The van der Waals surface area contributed by atoms with Gasteiger partial charge in [-0.25, -0.2) is 0 Å². The molecule has 0 spiro atoms. The lowest BCUT2D eigenvalue weighted by Crippen LogP contribution is -2.23. The zero-order valence-electron chi connectivity index (χ0n) is 9.07. The summed E-state index contributed by atoms with van der Waals surface area (Å²) in [5.74, 6) is -1.00. The molecule has 1 aromatic carbocycles. The lowest BCUT2D eigenvalue weighted by molar-refractivity contribution is -0.136. The van der Waals surface area contributed by atoms with Gasteiger partial charge in [-0.05, 0) is 36.7 Å². The van der Waals surface area contributed by atoms with Gasteiger partial charge in [0.1, 0.15) is 0 Å². The van der Waals surface area contributed by atoms with Crippen molar-refractivity contribution in [3.05, 3.63) is 23.8 Å². The van der Waals surface area contributed by atoms with Crippen LogP contribution in [-0.2, 0) is 19.5 Å². The quantitative estimate of drug-likeness (QED) is 0.640. The van der Waals surface area contributed by atoms with Crippen LogP contribution in [0.1, 0.15) is 5.56 Å². The molecule has 0 fully saturated rings. The third kappa shape index (κ3) is 3.21. The van der Waals surface area contributed by atoms with E-state index in [2.05, 4.69) is 0 Å². The fourth-order valence-electron chi connectivity index (χ4n) is 1.41. The zero-order valence-corrected chi connectivity index (χ0v) is 10.6. The Morgan fingerprint density at radius 1 is 1.50 bits per heavy atom. The monoisotopic (exact) mass is 263 g/mol. The maximum absolute atomic E-state index is 12.3. The van der Waals surface area contributed by atoms with Crippen LogP contribution in [-0.4, -0.2) is 27.8 Å². The largest absolute Gasteiger partial charge is 0.481 e. The van der Waals surface area contributed by atoms with Crippen LogP contribution >= 0.6 is 10.7 Å². The summed E-state index contributed by atoms with van der Waals surface area (Å²) < 4.78 is 12.3. The van der Waals surface area contributed by atoms with Crippen molar-refractivity contribution in [1.29, 1.82) is 0 Å². The highest BCUT2D eigenvalue weighted by molar-refractivity contribution is 8.37. The van der Waals surface area contributed by atoms with E-state index in [-0.39, 0.29) is 6.42 Å². The van der Waals surface area contributed by atoms with E-state index in [1.165, 1.54) is 18.6 Å². The molecule has 0 aromatic heterocycles. The predicted octanol–water partition coefficient (Wildman–Crippen LogP) is 1.49. The predicted molar refractivity (Wildman–Crippen MR) is 66.3 cm³/mol. The Labute approximate surface area is 98.3 Å². The normalized spacial score (nSPS) is 14.1. The van der Waals surface area contributed by atoms with Gasteiger partial charge >= 0.3 is 5.97 Å². The fourth-order valence-corrected chi connectivity index (χ4v) is 3.18. The molecular weight excluding hydrogens is 250 g/mol. The molecule has 16 heavy (non-hydrogen) atoms. The van der Waals surface area contributed by atoms with Gasteiger partial charge in [0.25, 0.3) is 0 Å². The number of halogens is 1. The minimum atomic E-state index is -3.51. The summed E-state index contributed by atoms with van der Waals surface area (Å²) in [5.41, 5.74) is 6.43. The average molecular weight is 264 g/mol. The minimum Gasteiger partial charge on any atom is -0.481 e. The molecule has 4 nitrogen and oxygen atoms in total. The van der Waals surface area contributed by atoms with Crippen LogP contribution in [0.25, 0.3) is 0 Å². The number of rotatable bonds is 3. The Morgan fingerprint density at radius 2 is 2.06 bits per heavy atom. The minimum absolute atomic E-state index is 0.224. The molecule has 0 saturated carbocycles. The van der Waals surface area contributed by atoms with Gasteiger partial charge in [-0.2, -0.15) is 0 Å². The smallest absolute Gasteiger partial charge is 0.307 e. The maximum Gasteiger partial charge on any atom is 0.307 e. The number of nitrogens with two attached hydrogens (primary N) is 1. The topological polar surface area (TPSA) is 80.4 Å². The van der Waals surface area contributed by atoms with Crippen LogP contribution in [0, 0.1) is 0 Å². The van der Waals surface area contributed by atoms with Gasteiger partial charge in [0, 0.05) is 23.1 Å². The molecular formula is C10H14ClNO3S. The van der Waals surface area contributed by atoms with Gasteiger partial charge in [-0.1, -0.05) is 6.07 Å². The fraction of sp³-hybridized carbons (Fsp3) is 0.300. The van der Waals surface area contributed by atoms with Gasteiger partial charge in [-0.15, -0.1) is 0 Å². The van der Waals surface area contributed by atoms with E-state index in [9.17, 15) is 9.00 Å². The van der Waals surface area contributed by atoms with Crippen molar-refractivity contribution in [1.82, 2.24) is 0 Å². The van der Waals surface area contributed by atoms with Crippen molar-refractivity contribution in [3.63, 3.8) is 0 Å². The molecule has 0 saturated heterocycles. The Kier molecular flexibility index (Phi) is 3.04. The molecule has 1 rings (SSSR count). The lowest BCUT2D eigenvalue weighted by atomic mass is 10.1. The summed E-state index contributed by atoms with van der Waals surface area (Å²) in [5, 5.41) is 8.75. The van der Waals surface area contributed by atoms with Gasteiger partial charge in [-0.3, -0.25) is 9.00 Å². The number of hydrogen-bond donors (Lipinski definition) is 2. The second kappa shape index (κ2) is 3.75. The number of carbonyl (C=O) groups is 1. The van der Waals surface area contributed by atoms with Crippen LogP contribution in [0.5, 0.6) is 0 Å². The molecule has 3 N–H and O–H groups in total. The summed E-state index contributed by atoms with van der Waals surface area (Å²) in [6.45, 7) is 0. The molecule has 0 amide bonds. The van der Waals surface area contributed by atoms with E-state index in [0.29, 0.717) is 16.1 Å². The molecule has 0 bridgehead atoms. The Morgan fingerprint density at radius 3 is 2.50 bits per heavy atom. The molecule has 0 aliphatic carbocycles. The molecule has 0 aliphatic rings. The molecule has 1 aromatic rings. The highest BCUT2D eigenvalue weighted by Crippen LogP contribution is 2.37. The summed E-state index contributed by atoms with van der Waals surface area (Å²) in [7, 11) is 2.47. The van der Waals surface area contributed by atoms with Crippen molar-refractivity contribution < 1.29 is 14.1 Å². The maximum atomic E-state index is 12.3. The summed E-state index contributed by atoms with van der Waals surface area (Å²) >= 11 is 0. The molecule has 0 radical (unpaired) electrons. The standard InChI is InChI=1S/C10H14ClNO3S/c1-16(2,11,15)9-6-8(12)4-3-7(9)5-10(13)14/h3-4,6H,5,12H2,1-2H3,(H,13,14). The van der Waals surface area contributed by atoms with Crippen LogP contribution in [0.4, 0.5) is 5.69 Å². The molecule has 6 heteroatoms. The van der Waals surface area contributed by atoms with E-state index in [1.54, 1.807) is 12.1 Å². The molecule has 0 heterocycles. The van der Waals surface area contributed by atoms with E-state index in [4.69, 9.17) is 21.5 Å². The molecule has 90 valence electrons. The third-order valence-corrected chi connectivity index (χ3v) is 4.15. The first-order valence-electron chi connectivity index (χ1n) is 4.50. The average Bonchev–Trinajstić information content (AvgIpc) is 2.04. The van der Waals surface area contributed by atoms with E-state index in [0.717, 1.165) is 0 Å². The van der Waals surface area contributed by atoms with E-state index in [1.807, 2.05) is 0 Å². The van der Waals surface area contributed by atoms with Gasteiger partial charge in [0.15, 0.2) is 0 Å². The SMILES string of the molecule is CS(C)(=O)(Cl)c1cc(N)ccc1CC(=O)O. The first-order valence-corrected chi connectivity index (χ1v) is 8.11. The number of benzene rings is 1. The van der Waals surface area contributed by atoms with Gasteiger partial charge < -0.3 is 10.8 Å². The number of aliphatic carboxylic acids is 1. The highest BCUT2D eigenvalue weighted by Gasteiger charge is 2.28. The second-order valence-corrected chi connectivity index (χ2v) is 10.6. The van der Waals surface area contributed by atoms with E-state index >= 15 is 0 Å². The number of carboxylic acids is 1. The van der Waals surface area contributed by atoms with Crippen molar-refractivity contribution >= 4 is 30.6 Å². The highest BCUT2D eigenvalue weighted by atomic mass is 35.7. The Hall–Kier alpha value is -1.07. The summed E-state index contributed by atoms with van der Waals surface area (Å²) in [4.78, 5) is 11.0. The van der Waals surface area contributed by atoms with Crippen LogP contribution in [0.2, 0.25) is 0 Å². The van der Waals surface area contributed by atoms with Crippen molar-refractivity contribution in [2.24, 2.45) is 0 Å². The van der Waals surface area contributed by atoms with E-state index < -0.39 is 14.2 Å².